The zero-order valence-electron chi connectivity index (χ0n) is 14.8. The highest BCUT2D eigenvalue weighted by atomic mass is 16.5. The van der Waals surface area contributed by atoms with Crippen LogP contribution in [0.2, 0.25) is 0 Å². The SMILES string of the molecule is CC1CN(CC2CCN(C(=O)c3cccc(N)c3)CC2)CC(C)O1. The number of amides is 1. The van der Waals surface area contributed by atoms with Crippen LogP contribution in [-0.2, 0) is 4.74 Å². The van der Waals surface area contributed by atoms with Gasteiger partial charge in [-0.1, -0.05) is 6.07 Å². The molecule has 2 heterocycles. The van der Waals surface area contributed by atoms with Crippen molar-refractivity contribution < 1.29 is 9.53 Å². The molecule has 1 aromatic rings. The summed E-state index contributed by atoms with van der Waals surface area (Å²) in [7, 11) is 0. The van der Waals surface area contributed by atoms with E-state index in [0.29, 0.717) is 29.4 Å². The standard InChI is InChI=1S/C19H29N3O2/c1-14-11-21(12-15(2)24-14)13-16-6-8-22(9-7-16)19(23)17-4-3-5-18(20)10-17/h3-5,10,14-16H,6-9,11-13,20H2,1-2H3. The Bertz CT molecular complexity index is 559. The third-order valence-corrected chi connectivity index (χ3v) is 5.05. The van der Waals surface area contributed by atoms with E-state index in [1.807, 2.05) is 23.1 Å². The van der Waals surface area contributed by atoms with Gasteiger partial charge in [0.25, 0.3) is 5.91 Å². The van der Waals surface area contributed by atoms with E-state index in [2.05, 4.69) is 18.7 Å². The number of likely N-dealkylation sites (tertiary alicyclic amines) is 1. The second kappa shape index (κ2) is 7.53. The van der Waals surface area contributed by atoms with Gasteiger partial charge in [0.2, 0.25) is 0 Å². The van der Waals surface area contributed by atoms with E-state index >= 15 is 0 Å². The lowest BCUT2D eigenvalue weighted by Gasteiger charge is -2.39. The number of carbonyl (C=O) groups excluding carboxylic acids is 1. The maximum Gasteiger partial charge on any atom is 0.253 e. The lowest BCUT2D eigenvalue weighted by atomic mass is 9.95. The second-order valence-electron chi connectivity index (χ2n) is 7.34. The number of nitrogens with zero attached hydrogens (tertiary/aromatic N) is 2. The molecule has 24 heavy (non-hydrogen) atoms. The van der Waals surface area contributed by atoms with E-state index in [9.17, 15) is 4.79 Å². The van der Waals surface area contributed by atoms with Gasteiger partial charge in [0.15, 0.2) is 0 Å². The van der Waals surface area contributed by atoms with Gasteiger partial charge in [-0.3, -0.25) is 9.69 Å². The highest BCUT2D eigenvalue weighted by molar-refractivity contribution is 5.95. The molecule has 0 bridgehead atoms. The number of carbonyl (C=O) groups is 1. The van der Waals surface area contributed by atoms with E-state index in [-0.39, 0.29) is 5.91 Å². The second-order valence-corrected chi connectivity index (χ2v) is 7.34. The molecule has 5 heteroatoms. The average Bonchev–Trinajstić information content (AvgIpc) is 2.54. The van der Waals surface area contributed by atoms with Crippen LogP contribution in [0.1, 0.15) is 37.0 Å². The quantitative estimate of drug-likeness (QED) is 0.863. The topological polar surface area (TPSA) is 58.8 Å². The van der Waals surface area contributed by atoms with Gasteiger partial charge in [-0.2, -0.15) is 0 Å². The molecule has 1 aromatic carbocycles. The van der Waals surface area contributed by atoms with E-state index in [0.717, 1.165) is 45.6 Å². The number of nitrogen functional groups attached to an aromatic ring is 1. The molecular weight excluding hydrogens is 302 g/mol. The van der Waals surface area contributed by atoms with Crippen LogP contribution in [0.3, 0.4) is 0 Å². The lowest BCUT2D eigenvalue weighted by molar-refractivity contribution is -0.0728. The van der Waals surface area contributed by atoms with Gasteiger partial charge in [-0.25, -0.2) is 0 Å². The molecule has 3 rings (SSSR count). The van der Waals surface area contributed by atoms with E-state index in [1.165, 1.54) is 0 Å². The fourth-order valence-electron chi connectivity index (χ4n) is 3.97. The molecule has 0 aromatic heterocycles. The van der Waals surface area contributed by atoms with Crippen LogP contribution in [0.15, 0.2) is 24.3 Å². The minimum atomic E-state index is 0.106. The van der Waals surface area contributed by atoms with Crippen LogP contribution < -0.4 is 5.73 Å². The highest BCUT2D eigenvalue weighted by Gasteiger charge is 2.28. The van der Waals surface area contributed by atoms with Crippen molar-refractivity contribution in [2.45, 2.75) is 38.9 Å². The number of nitrogens with two attached hydrogens (primary N) is 1. The summed E-state index contributed by atoms with van der Waals surface area (Å²) in [5.41, 5.74) is 7.13. The van der Waals surface area contributed by atoms with Crippen LogP contribution in [0.25, 0.3) is 0 Å². The van der Waals surface area contributed by atoms with Crippen LogP contribution >= 0.6 is 0 Å². The maximum absolute atomic E-state index is 12.6. The molecule has 0 aliphatic carbocycles. The zero-order chi connectivity index (χ0) is 17.1. The Kier molecular flexibility index (Phi) is 5.41. The van der Waals surface area contributed by atoms with Crippen molar-refractivity contribution in [3.8, 4) is 0 Å². The van der Waals surface area contributed by atoms with Crippen molar-refractivity contribution in [3.05, 3.63) is 29.8 Å². The minimum Gasteiger partial charge on any atom is -0.399 e. The maximum atomic E-state index is 12.6. The summed E-state index contributed by atoms with van der Waals surface area (Å²) in [6.07, 6.45) is 2.79. The Morgan fingerprint density at radius 2 is 1.88 bits per heavy atom. The fourth-order valence-corrected chi connectivity index (χ4v) is 3.97. The Balaban J connectivity index is 1.49. The van der Waals surface area contributed by atoms with Crippen LogP contribution in [0.5, 0.6) is 0 Å². The smallest absolute Gasteiger partial charge is 0.253 e. The number of benzene rings is 1. The van der Waals surface area contributed by atoms with Crippen LogP contribution in [-0.4, -0.2) is 60.6 Å². The van der Waals surface area contributed by atoms with Gasteiger partial charge in [-0.05, 0) is 50.8 Å². The molecule has 2 fully saturated rings. The summed E-state index contributed by atoms with van der Waals surface area (Å²) in [5, 5.41) is 0. The van der Waals surface area contributed by atoms with Gasteiger partial charge in [0, 0.05) is 44.0 Å². The molecule has 0 radical (unpaired) electrons. The fraction of sp³-hybridized carbons (Fsp3) is 0.632. The molecule has 0 saturated carbocycles. The largest absolute Gasteiger partial charge is 0.399 e. The van der Waals surface area contributed by atoms with Gasteiger partial charge in [-0.15, -0.1) is 0 Å². The number of rotatable bonds is 3. The van der Waals surface area contributed by atoms with E-state index < -0.39 is 0 Å². The number of piperidine rings is 1. The normalized spacial score (nSPS) is 26.5. The molecule has 2 saturated heterocycles. The third kappa shape index (κ3) is 4.28. The monoisotopic (exact) mass is 331 g/mol. The average molecular weight is 331 g/mol. The molecule has 2 aliphatic heterocycles. The van der Waals surface area contributed by atoms with Crippen molar-refractivity contribution in [1.29, 1.82) is 0 Å². The van der Waals surface area contributed by atoms with Crippen molar-refractivity contribution >= 4 is 11.6 Å². The van der Waals surface area contributed by atoms with Crippen molar-refractivity contribution in [2.24, 2.45) is 5.92 Å². The molecule has 2 N–H and O–H groups in total. The first-order chi connectivity index (χ1) is 11.5. The first-order valence-corrected chi connectivity index (χ1v) is 9.04. The number of hydrogen-bond donors (Lipinski definition) is 1. The lowest BCUT2D eigenvalue weighted by Crippen LogP contribution is -2.48. The molecular formula is C19H29N3O2. The number of ether oxygens (including phenoxy) is 1. The summed E-state index contributed by atoms with van der Waals surface area (Å²) in [4.78, 5) is 17.1. The van der Waals surface area contributed by atoms with Gasteiger partial charge < -0.3 is 15.4 Å². The summed E-state index contributed by atoms with van der Waals surface area (Å²) < 4.78 is 5.81. The summed E-state index contributed by atoms with van der Waals surface area (Å²) in [5.74, 6) is 0.779. The summed E-state index contributed by atoms with van der Waals surface area (Å²) in [6.45, 7) is 9.14. The van der Waals surface area contributed by atoms with Crippen molar-refractivity contribution in [1.82, 2.24) is 9.80 Å². The predicted molar refractivity (Wildman–Crippen MR) is 95.9 cm³/mol. The first kappa shape index (κ1) is 17.2. The van der Waals surface area contributed by atoms with Gasteiger partial charge >= 0.3 is 0 Å². The number of hydrogen-bond acceptors (Lipinski definition) is 4. The van der Waals surface area contributed by atoms with Crippen molar-refractivity contribution in [2.75, 3.05) is 38.5 Å². The van der Waals surface area contributed by atoms with Crippen LogP contribution in [0, 0.1) is 5.92 Å². The van der Waals surface area contributed by atoms with Gasteiger partial charge in [0.1, 0.15) is 0 Å². The van der Waals surface area contributed by atoms with E-state index in [4.69, 9.17) is 10.5 Å². The summed E-state index contributed by atoms with van der Waals surface area (Å²) in [6, 6.07) is 7.27. The molecule has 132 valence electrons. The number of morpholine rings is 1. The highest BCUT2D eigenvalue weighted by Crippen LogP contribution is 2.22. The minimum absolute atomic E-state index is 0.106. The molecule has 2 aliphatic rings. The van der Waals surface area contributed by atoms with Gasteiger partial charge in [0.05, 0.1) is 12.2 Å². The van der Waals surface area contributed by atoms with E-state index in [1.54, 1.807) is 6.07 Å². The third-order valence-electron chi connectivity index (χ3n) is 5.05. The Hall–Kier alpha value is -1.59. The Morgan fingerprint density at radius 1 is 1.21 bits per heavy atom. The Labute approximate surface area is 144 Å². The molecule has 5 nitrogen and oxygen atoms in total. The first-order valence-electron chi connectivity index (χ1n) is 9.04. The molecule has 1 amide bonds. The zero-order valence-corrected chi connectivity index (χ0v) is 14.8. The molecule has 0 spiro atoms. The molecule has 2 unspecified atom stereocenters. The van der Waals surface area contributed by atoms with Crippen LogP contribution in [0.4, 0.5) is 5.69 Å². The van der Waals surface area contributed by atoms with Crippen molar-refractivity contribution in [3.63, 3.8) is 0 Å². The molecule has 2 atom stereocenters. The summed E-state index contributed by atoms with van der Waals surface area (Å²) >= 11 is 0. The number of anilines is 1. The Morgan fingerprint density at radius 3 is 2.50 bits per heavy atom. The predicted octanol–water partition coefficient (Wildman–Crippen LogP) is 2.23.